The molecule has 0 radical (unpaired) electrons. The third-order valence-electron chi connectivity index (χ3n) is 22.0. The maximum absolute atomic E-state index is 12.1. The summed E-state index contributed by atoms with van der Waals surface area (Å²) in [6.45, 7) is 17.9. The summed E-state index contributed by atoms with van der Waals surface area (Å²) in [5.74, 6) is -3.01. The topological polar surface area (TPSA) is 271 Å². The number of ether oxygens (including phenoxy) is 8. The van der Waals surface area contributed by atoms with Crippen LogP contribution in [0.5, 0.6) is 0 Å². The van der Waals surface area contributed by atoms with E-state index in [4.69, 9.17) is 37.9 Å². The van der Waals surface area contributed by atoms with Gasteiger partial charge in [-0.2, -0.15) is 21.0 Å². The van der Waals surface area contributed by atoms with E-state index < -0.39 is 70.7 Å². The summed E-state index contributed by atoms with van der Waals surface area (Å²) in [5, 5.41) is 39.0. The van der Waals surface area contributed by atoms with Crippen LogP contribution in [0.15, 0.2) is 0 Å². The van der Waals surface area contributed by atoms with Gasteiger partial charge in [0.05, 0.1) is 74.4 Å². The highest BCUT2D eigenvalue weighted by atomic mass is 16.8. The first-order valence-corrected chi connectivity index (χ1v) is 30.2. The normalized spacial score (nSPS) is 38.1. The van der Waals surface area contributed by atoms with Crippen molar-refractivity contribution in [2.75, 3.05) is 28.4 Å². The van der Waals surface area contributed by atoms with Gasteiger partial charge >= 0.3 is 23.9 Å². The van der Waals surface area contributed by atoms with Crippen molar-refractivity contribution in [2.45, 2.75) is 245 Å². The smallest absolute Gasteiger partial charge is 0.338 e. The van der Waals surface area contributed by atoms with E-state index in [0.717, 1.165) is 89.9 Å². The molecule has 2 heterocycles. The van der Waals surface area contributed by atoms with Crippen LogP contribution in [-0.4, -0.2) is 99.9 Å². The monoisotopic (exact) mass is 1140 g/mol. The number of methoxy groups -OCH3 is 4. The van der Waals surface area contributed by atoms with Crippen LogP contribution in [0.4, 0.5) is 0 Å². The number of carbonyl (C=O) groups is 6. The summed E-state index contributed by atoms with van der Waals surface area (Å²) in [6, 6.07) is 10.1. The zero-order valence-electron chi connectivity index (χ0n) is 51.1. The molecule has 18 nitrogen and oxygen atoms in total. The second-order valence-corrected chi connectivity index (χ2v) is 28.7. The van der Waals surface area contributed by atoms with E-state index in [1.165, 1.54) is 41.3 Å². The van der Waals surface area contributed by atoms with Crippen molar-refractivity contribution in [3.8, 4) is 24.3 Å². The van der Waals surface area contributed by atoms with Gasteiger partial charge in [-0.1, -0.05) is 81.1 Å². The molecule has 8 saturated carbocycles. The van der Waals surface area contributed by atoms with Gasteiger partial charge in [0.1, 0.15) is 11.6 Å². The summed E-state index contributed by atoms with van der Waals surface area (Å²) in [5.41, 5.74) is -1.18. The Morgan fingerprint density at radius 3 is 0.878 bits per heavy atom. The van der Waals surface area contributed by atoms with Crippen molar-refractivity contribution in [1.29, 1.82) is 21.0 Å². The number of carbonyl (C=O) groups excluding carboxylic acids is 6. The maximum atomic E-state index is 12.1. The highest BCUT2D eigenvalue weighted by Crippen LogP contribution is 2.64. The van der Waals surface area contributed by atoms with Gasteiger partial charge in [0.15, 0.2) is 36.0 Å². The summed E-state index contributed by atoms with van der Waals surface area (Å²) < 4.78 is 43.0. The number of hydrogen-bond donors (Lipinski definition) is 0. The first-order valence-electron chi connectivity index (χ1n) is 30.2. The van der Waals surface area contributed by atoms with Crippen LogP contribution >= 0.6 is 0 Å². The lowest BCUT2D eigenvalue weighted by Crippen LogP contribution is -2.53. The van der Waals surface area contributed by atoms with E-state index in [1.807, 2.05) is 0 Å². The Morgan fingerprint density at radius 1 is 0.390 bits per heavy atom. The summed E-state index contributed by atoms with van der Waals surface area (Å²) >= 11 is 0. The van der Waals surface area contributed by atoms with Crippen molar-refractivity contribution in [1.82, 2.24) is 0 Å². The minimum Gasteiger partial charge on any atom is -0.467 e. The van der Waals surface area contributed by atoms with Crippen LogP contribution in [0.3, 0.4) is 0 Å². The largest absolute Gasteiger partial charge is 0.467 e. The third-order valence-corrected chi connectivity index (χ3v) is 22.0. The van der Waals surface area contributed by atoms with E-state index in [0.29, 0.717) is 74.8 Å². The van der Waals surface area contributed by atoms with Crippen molar-refractivity contribution in [3.05, 3.63) is 0 Å². The SMILES string of the molecule is CC1(C)CCC[C@@]2(C#N)CC(=O)CC[C@H]12.CC1(C)CCC[C@]2(C#N)CC(=O)CC[C@@H]12.COC(=O)[C@@H]1OC2(CC[C@@H]3C(C)(C)CCC[C@@]3(C#N)C2)O[C@H]1C(=O)OC.COC(=O)[C@@H]1OC2(CC[C@H]3C(C)(C)CCC[C@]3(C#N)C2)O[C@H]1C(=O)OC. The van der Waals surface area contributed by atoms with Gasteiger partial charge in [-0.25, -0.2) is 19.2 Å². The first-order chi connectivity index (χ1) is 38.4. The Hall–Kier alpha value is -4.98. The number of nitrogens with zero attached hydrogens (tertiary/aromatic N) is 4. The van der Waals surface area contributed by atoms with Gasteiger partial charge in [0, 0.05) is 51.4 Å². The van der Waals surface area contributed by atoms with Crippen molar-refractivity contribution >= 4 is 35.4 Å². The quantitative estimate of drug-likeness (QED) is 0.187. The molecule has 0 N–H and O–H groups in total. The fourth-order valence-electron chi connectivity index (χ4n) is 18.2. The van der Waals surface area contributed by atoms with Gasteiger partial charge in [-0.3, -0.25) is 9.59 Å². The highest BCUT2D eigenvalue weighted by Gasteiger charge is 2.66. The summed E-state index contributed by atoms with van der Waals surface area (Å²) in [7, 11) is 4.95. The van der Waals surface area contributed by atoms with Crippen molar-refractivity contribution < 1.29 is 66.7 Å². The van der Waals surface area contributed by atoms with E-state index in [1.54, 1.807) is 0 Å². The maximum Gasteiger partial charge on any atom is 0.338 e. The molecule has 452 valence electrons. The molecule has 8 aliphatic carbocycles. The van der Waals surface area contributed by atoms with E-state index >= 15 is 0 Å². The molecule has 10 fully saturated rings. The number of fused-ring (bicyclic) bond motifs is 4. The molecule has 0 bridgehead atoms. The van der Waals surface area contributed by atoms with Crippen LogP contribution in [0, 0.1) is 112 Å². The van der Waals surface area contributed by atoms with Crippen LogP contribution < -0.4 is 0 Å². The Bertz CT molecular complexity index is 2400. The standard InChI is InChI=1S/2C19H27NO6.2C13H19NO/c2*1-17(2)7-5-8-18(11-20)10-19(9-6-12(17)18)25-13(15(21)23-3)14(26-19)16(22)24-4;2*1-12(2)6-3-7-13(9-14)8-10(15)4-5-11(12)13/h2*12-14H,5-10H2,1-4H3;2*11H,3-8H2,1-2H3/t12-,13+,14+,18+;12-,13-,14-,18+;2*11-,13+/m0110/s1. The average Bonchev–Trinajstić information content (AvgIpc) is 2.28. The van der Waals surface area contributed by atoms with Crippen LogP contribution in [0.1, 0.15) is 209 Å². The molecule has 2 spiro atoms. The van der Waals surface area contributed by atoms with Crippen molar-refractivity contribution in [2.24, 2.45) is 67.0 Å². The van der Waals surface area contributed by atoms with E-state index in [-0.39, 0.29) is 44.3 Å². The van der Waals surface area contributed by atoms with E-state index in [2.05, 4.69) is 79.7 Å². The zero-order valence-corrected chi connectivity index (χ0v) is 51.1. The average molecular weight is 1140 g/mol. The molecule has 0 amide bonds. The number of nitriles is 4. The van der Waals surface area contributed by atoms with Gasteiger partial charge < -0.3 is 37.9 Å². The first kappa shape index (κ1) is 64.6. The third kappa shape index (κ3) is 12.3. The second-order valence-electron chi connectivity index (χ2n) is 28.7. The van der Waals surface area contributed by atoms with Crippen LogP contribution in [0.2, 0.25) is 0 Å². The highest BCUT2D eigenvalue weighted by molar-refractivity contribution is 5.87. The van der Waals surface area contributed by atoms with E-state index in [9.17, 15) is 49.8 Å². The lowest BCUT2D eigenvalue weighted by atomic mass is 9.50. The number of ketones is 2. The number of esters is 4. The van der Waals surface area contributed by atoms with Gasteiger partial charge in [0.2, 0.25) is 0 Å². The Kier molecular flexibility index (Phi) is 19.0. The Labute approximate surface area is 486 Å². The molecular formula is C64H92N4O14. The molecule has 18 heteroatoms. The molecule has 0 aromatic rings. The fourth-order valence-corrected chi connectivity index (χ4v) is 18.2. The minimum absolute atomic E-state index is 0.0672. The molecule has 2 aliphatic heterocycles. The summed E-state index contributed by atoms with van der Waals surface area (Å²) in [6.07, 6.45) is 15.0. The predicted molar refractivity (Wildman–Crippen MR) is 295 cm³/mol. The zero-order chi connectivity index (χ0) is 60.5. The van der Waals surface area contributed by atoms with Crippen LogP contribution in [-0.2, 0) is 66.7 Å². The Balaban J connectivity index is 0.000000163. The molecule has 0 unspecified atom stereocenters. The number of hydrogen-bond acceptors (Lipinski definition) is 18. The number of Topliss-reactive ketones (excluding diaryl/α,β-unsaturated/α-hetero) is 2. The van der Waals surface area contributed by atoms with Gasteiger partial charge in [0.25, 0.3) is 0 Å². The molecule has 12 atom stereocenters. The van der Waals surface area contributed by atoms with Gasteiger partial charge in [-0.15, -0.1) is 0 Å². The minimum atomic E-state index is -1.17. The number of rotatable bonds is 4. The molecule has 10 aliphatic rings. The van der Waals surface area contributed by atoms with Crippen molar-refractivity contribution in [3.63, 3.8) is 0 Å². The molecule has 0 aromatic heterocycles. The molecule has 2 saturated heterocycles. The molecule has 10 rings (SSSR count). The molecule has 0 aromatic carbocycles. The van der Waals surface area contributed by atoms with Crippen LogP contribution in [0.25, 0.3) is 0 Å². The fraction of sp³-hybridized carbons (Fsp3) is 0.844. The lowest BCUT2D eigenvalue weighted by molar-refractivity contribution is -0.235. The molecule has 82 heavy (non-hydrogen) atoms. The second kappa shape index (κ2) is 24.2. The molecular weight excluding hydrogens is 1050 g/mol. The summed E-state index contributed by atoms with van der Waals surface area (Å²) in [4.78, 5) is 71.5. The Morgan fingerprint density at radius 2 is 0.634 bits per heavy atom. The predicted octanol–water partition coefficient (Wildman–Crippen LogP) is 10.8. The van der Waals surface area contributed by atoms with Gasteiger partial charge in [-0.05, 0) is 122 Å². The lowest BCUT2D eigenvalue weighted by Gasteiger charge is -2.55.